The summed E-state index contributed by atoms with van der Waals surface area (Å²) in [6, 6.07) is 10.6. The molecule has 0 aliphatic heterocycles. The quantitative estimate of drug-likeness (QED) is 0.527. The first-order valence-corrected chi connectivity index (χ1v) is 8.01. The summed E-state index contributed by atoms with van der Waals surface area (Å²) in [5, 5.41) is 0. The van der Waals surface area contributed by atoms with Crippen molar-refractivity contribution in [1.29, 1.82) is 0 Å². The second-order valence-electron chi connectivity index (χ2n) is 6.54. The maximum absolute atomic E-state index is 5.84. The Morgan fingerprint density at radius 1 is 1.20 bits per heavy atom. The van der Waals surface area contributed by atoms with Crippen molar-refractivity contribution < 1.29 is 4.74 Å². The summed E-state index contributed by atoms with van der Waals surface area (Å²) >= 11 is 0. The Labute approximate surface area is 124 Å². The Morgan fingerprint density at radius 3 is 2.65 bits per heavy atom. The van der Waals surface area contributed by atoms with Crippen molar-refractivity contribution in [3.8, 4) is 0 Å². The van der Waals surface area contributed by atoms with E-state index in [1.165, 1.54) is 30.4 Å². The molecule has 1 aromatic carbocycles. The third-order valence-corrected chi connectivity index (χ3v) is 4.42. The molecule has 20 heavy (non-hydrogen) atoms. The van der Waals surface area contributed by atoms with Gasteiger partial charge in [-0.3, -0.25) is 0 Å². The molecule has 1 aromatic rings. The van der Waals surface area contributed by atoms with Gasteiger partial charge in [-0.1, -0.05) is 51.1 Å². The number of allylic oxidation sites excluding steroid dienone is 1. The molecule has 0 saturated heterocycles. The molecule has 2 rings (SSSR count). The zero-order chi connectivity index (χ0) is 14.4. The molecule has 1 aliphatic rings. The lowest BCUT2D eigenvalue weighted by Gasteiger charge is -2.31. The minimum Gasteiger partial charge on any atom is -0.501 e. The number of benzene rings is 1. The molecule has 1 saturated carbocycles. The van der Waals surface area contributed by atoms with Gasteiger partial charge in [0.25, 0.3) is 0 Å². The first-order chi connectivity index (χ1) is 9.66. The third kappa shape index (κ3) is 4.40. The van der Waals surface area contributed by atoms with Gasteiger partial charge in [-0.15, -0.1) is 0 Å². The highest BCUT2D eigenvalue weighted by Crippen LogP contribution is 2.37. The standard InChI is InChI=1S/C19H28O/c1-15(2)19-10-9-16(3)13-18(19)14-20-12-11-17-7-5-4-6-8-17/h4-8,14-16,19H,9-13H2,1-3H3. The summed E-state index contributed by atoms with van der Waals surface area (Å²) in [6.07, 6.45) is 6.97. The minimum absolute atomic E-state index is 0.725. The molecule has 0 radical (unpaired) electrons. The highest BCUT2D eigenvalue weighted by Gasteiger charge is 2.25. The van der Waals surface area contributed by atoms with Crippen LogP contribution in [0.15, 0.2) is 42.2 Å². The van der Waals surface area contributed by atoms with Gasteiger partial charge >= 0.3 is 0 Å². The summed E-state index contributed by atoms with van der Waals surface area (Å²) in [7, 11) is 0. The predicted molar refractivity (Wildman–Crippen MR) is 85.5 cm³/mol. The zero-order valence-electron chi connectivity index (χ0n) is 13.1. The Hall–Kier alpha value is -1.24. The molecule has 2 unspecified atom stereocenters. The van der Waals surface area contributed by atoms with Crippen LogP contribution in [0.2, 0.25) is 0 Å². The van der Waals surface area contributed by atoms with E-state index in [0.717, 1.165) is 30.8 Å². The van der Waals surface area contributed by atoms with E-state index in [0.29, 0.717) is 0 Å². The van der Waals surface area contributed by atoms with Crippen molar-refractivity contribution in [2.75, 3.05) is 6.61 Å². The highest BCUT2D eigenvalue weighted by molar-refractivity contribution is 5.14. The van der Waals surface area contributed by atoms with Crippen molar-refractivity contribution in [3.63, 3.8) is 0 Å². The fraction of sp³-hybridized carbons (Fsp3) is 0.579. The van der Waals surface area contributed by atoms with Gasteiger partial charge < -0.3 is 4.74 Å². The first kappa shape index (κ1) is 15.2. The molecule has 0 heterocycles. The van der Waals surface area contributed by atoms with Crippen LogP contribution >= 0.6 is 0 Å². The maximum atomic E-state index is 5.84. The number of hydrogen-bond acceptors (Lipinski definition) is 1. The number of hydrogen-bond donors (Lipinski definition) is 0. The summed E-state index contributed by atoms with van der Waals surface area (Å²) in [5.74, 6) is 2.27. The largest absolute Gasteiger partial charge is 0.501 e. The van der Waals surface area contributed by atoms with E-state index in [-0.39, 0.29) is 0 Å². The van der Waals surface area contributed by atoms with Gasteiger partial charge in [0.15, 0.2) is 0 Å². The van der Waals surface area contributed by atoms with E-state index >= 15 is 0 Å². The first-order valence-electron chi connectivity index (χ1n) is 8.01. The normalized spacial score (nSPS) is 25.1. The Bertz CT molecular complexity index is 419. The molecule has 0 spiro atoms. The van der Waals surface area contributed by atoms with Gasteiger partial charge in [0, 0.05) is 6.42 Å². The second-order valence-corrected chi connectivity index (χ2v) is 6.54. The Kier molecular flexibility index (Phi) is 5.70. The molecule has 1 nitrogen and oxygen atoms in total. The minimum atomic E-state index is 0.725. The average Bonchev–Trinajstić information content (AvgIpc) is 2.44. The monoisotopic (exact) mass is 272 g/mol. The van der Waals surface area contributed by atoms with Crippen LogP contribution in [-0.4, -0.2) is 6.61 Å². The molecule has 0 bridgehead atoms. The lowest BCUT2D eigenvalue weighted by atomic mass is 9.74. The highest BCUT2D eigenvalue weighted by atomic mass is 16.5. The molecule has 110 valence electrons. The molecular formula is C19H28O. The Morgan fingerprint density at radius 2 is 1.95 bits per heavy atom. The lowest BCUT2D eigenvalue weighted by molar-refractivity contribution is 0.229. The van der Waals surface area contributed by atoms with Gasteiger partial charge in [-0.25, -0.2) is 0 Å². The van der Waals surface area contributed by atoms with Gasteiger partial charge in [-0.2, -0.15) is 0 Å². The zero-order valence-corrected chi connectivity index (χ0v) is 13.1. The molecule has 1 fully saturated rings. The third-order valence-electron chi connectivity index (χ3n) is 4.42. The van der Waals surface area contributed by atoms with Crippen molar-refractivity contribution in [2.45, 2.75) is 46.5 Å². The van der Waals surface area contributed by atoms with E-state index in [1.54, 1.807) is 0 Å². The van der Waals surface area contributed by atoms with Crippen molar-refractivity contribution in [2.24, 2.45) is 17.8 Å². The summed E-state index contributed by atoms with van der Waals surface area (Å²) in [4.78, 5) is 0. The van der Waals surface area contributed by atoms with Crippen LogP contribution in [0.5, 0.6) is 0 Å². The fourth-order valence-electron chi connectivity index (χ4n) is 3.19. The van der Waals surface area contributed by atoms with E-state index in [1.807, 2.05) is 0 Å². The van der Waals surface area contributed by atoms with Crippen LogP contribution < -0.4 is 0 Å². The maximum Gasteiger partial charge on any atom is 0.0913 e. The van der Waals surface area contributed by atoms with Crippen LogP contribution in [0.4, 0.5) is 0 Å². The van der Waals surface area contributed by atoms with Crippen molar-refractivity contribution >= 4 is 0 Å². The number of rotatable bonds is 5. The van der Waals surface area contributed by atoms with Crippen molar-refractivity contribution in [1.82, 2.24) is 0 Å². The Balaban J connectivity index is 1.85. The van der Waals surface area contributed by atoms with E-state index in [4.69, 9.17) is 4.74 Å². The van der Waals surface area contributed by atoms with Gasteiger partial charge in [0.1, 0.15) is 0 Å². The van der Waals surface area contributed by atoms with Gasteiger partial charge in [0.05, 0.1) is 12.9 Å². The van der Waals surface area contributed by atoms with Gasteiger partial charge in [0.2, 0.25) is 0 Å². The van der Waals surface area contributed by atoms with E-state index < -0.39 is 0 Å². The molecule has 1 aliphatic carbocycles. The summed E-state index contributed by atoms with van der Waals surface area (Å²) in [6.45, 7) is 7.80. The van der Waals surface area contributed by atoms with Crippen LogP contribution in [0.3, 0.4) is 0 Å². The van der Waals surface area contributed by atoms with Gasteiger partial charge in [-0.05, 0) is 48.2 Å². The van der Waals surface area contributed by atoms with E-state index in [2.05, 4.69) is 57.4 Å². The fourth-order valence-corrected chi connectivity index (χ4v) is 3.19. The second kappa shape index (κ2) is 7.52. The van der Waals surface area contributed by atoms with E-state index in [9.17, 15) is 0 Å². The lowest BCUT2D eigenvalue weighted by Crippen LogP contribution is -2.20. The number of ether oxygens (including phenoxy) is 1. The molecule has 0 amide bonds. The summed E-state index contributed by atoms with van der Waals surface area (Å²) in [5.41, 5.74) is 2.88. The summed E-state index contributed by atoms with van der Waals surface area (Å²) < 4.78 is 5.84. The molecule has 2 atom stereocenters. The predicted octanol–water partition coefficient (Wildman–Crippen LogP) is 5.22. The van der Waals surface area contributed by atoms with Crippen LogP contribution in [0, 0.1) is 17.8 Å². The average molecular weight is 272 g/mol. The topological polar surface area (TPSA) is 9.23 Å². The van der Waals surface area contributed by atoms with Crippen molar-refractivity contribution in [3.05, 3.63) is 47.7 Å². The molecule has 0 aromatic heterocycles. The van der Waals surface area contributed by atoms with Crippen LogP contribution in [0.1, 0.15) is 45.6 Å². The van der Waals surface area contributed by atoms with Crippen LogP contribution in [0.25, 0.3) is 0 Å². The molecule has 0 N–H and O–H groups in total. The van der Waals surface area contributed by atoms with Crippen LogP contribution in [-0.2, 0) is 11.2 Å². The molecular weight excluding hydrogens is 244 g/mol. The SMILES string of the molecule is CC1CCC(C(C)C)C(=COCCc2ccccc2)C1. The molecule has 1 heteroatoms. The smallest absolute Gasteiger partial charge is 0.0913 e.